The minimum absolute atomic E-state index is 0.345. The minimum Gasteiger partial charge on any atom is -0.494 e. The fourth-order valence-corrected chi connectivity index (χ4v) is 5.41. The summed E-state index contributed by atoms with van der Waals surface area (Å²) >= 11 is 3.50. The number of piperidine rings is 1. The highest BCUT2D eigenvalue weighted by molar-refractivity contribution is 9.10. The van der Waals surface area contributed by atoms with Crippen molar-refractivity contribution in [3.63, 3.8) is 0 Å². The van der Waals surface area contributed by atoms with Crippen LogP contribution in [0.2, 0.25) is 0 Å². The number of nitrogens with one attached hydrogen (secondary N) is 1. The quantitative estimate of drug-likeness (QED) is 0.380. The summed E-state index contributed by atoms with van der Waals surface area (Å²) in [6, 6.07) is 9.62. The summed E-state index contributed by atoms with van der Waals surface area (Å²) in [7, 11) is 1.56. The van der Waals surface area contributed by atoms with Gasteiger partial charge in [-0.2, -0.15) is 0 Å². The summed E-state index contributed by atoms with van der Waals surface area (Å²) in [4.78, 5) is 37.9. The molecule has 2 aliphatic rings. The number of likely N-dealkylation sites (tertiary alicyclic amines) is 1. The van der Waals surface area contributed by atoms with Gasteiger partial charge in [0.15, 0.2) is 0 Å². The normalized spacial score (nSPS) is 16.9. The lowest BCUT2D eigenvalue weighted by atomic mass is 9.91. The fourth-order valence-electron chi connectivity index (χ4n) is 4.93. The lowest BCUT2D eigenvalue weighted by molar-refractivity contribution is -0.0167. The Balaban J connectivity index is 1.41. The molecule has 1 spiro atoms. The molecule has 5 rings (SSSR count). The maximum Gasteiger partial charge on any atom is 0.415 e. The molecular formula is C28H32BrN5O5. The Bertz CT molecular complexity index is 1430. The maximum absolute atomic E-state index is 13.2. The van der Waals surface area contributed by atoms with E-state index in [2.05, 4.69) is 31.2 Å². The molecule has 2 aliphatic heterocycles. The average Bonchev–Trinajstić information content (AvgIpc) is 3.19. The molecule has 3 heterocycles. The van der Waals surface area contributed by atoms with E-state index < -0.39 is 17.3 Å². The first-order chi connectivity index (χ1) is 18.5. The van der Waals surface area contributed by atoms with E-state index in [0.29, 0.717) is 55.2 Å². The second kappa shape index (κ2) is 10.2. The van der Waals surface area contributed by atoms with Crippen molar-refractivity contribution in [2.45, 2.75) is 51.7 Å². The van der Waals surface area contributed by atoms with Crippen molar-refractivity contribution in [1.29, 1.82) is 0 Å². The summed E-state index contributed by atoms with van der Waals surface area (Å²) in [5.41, 5.74) is 1.95. The monoisotopic (exact) mass is 597 g/mol. The van der Waals surface area contributed by atoms with E-state index in [1.807, 2.05) is 52.0 Å². The van der Waals surface area contributed by atoms with Crippen LogP contribution < -0.4 is 15.0 Å². The lowest BCUT2D eigenvalue weighted by Gasteiger charge is -2.37. The SMILES string of the molecule is COc1cc2ncnc(Nc3ccc(Br)cc3C)c2cc1N1CC2(CCN(C(=O)OC(C)(C)C)CC2)OC1=O. The van der Waals surface area contributed by atoms with Crippen LogP contribution in [0.15, 0.2) is 41.1 Å². The molecule has 11 heteroatoms. The number of aromatic nitrogens is 2. The van der Waals surface area contributed by atoms with Crippen molar-refractivity contribution in [3.8, 4) is 5.75 Å². The summed E-state index contributed by atoms with van der Waals surface area (Å²) in [6.45, 7) is 8.78. The van der Waals surface area contributed by atoms with Crippen molar-refractivity contribution >= 4 is 56.2 Å². The van der Waals surface area contributed by atoms with Gasteiger partial charge in [-0.15, -0.1) is 0 Å². The second-order valence-corrected chi connectivity index (χ2v) is 11.9. The highest BCUT2D eigenvalue weighted by Crippen LogP contribution is 2.42. The summed E-state index contributed by atoms with van der Waals surface area (Å²) in [5.74, 6) is 1.12. The van der Waals surface area contributed by atoms with E-state index in [9.17, 15) is 9.59 Å². The lowest BCUT2D eigenvalue weighted by Crippen LogP contribution is -2.49. The Hall–Kier alpha value is -3.60. The van der Waals surface area contributed by atoms with E-state index in [1.165, 1.54) is 6.33 Å². The standard InChI is InChI=1S/C28H32BrN5O5/c1-17-12-18(29)6-7-20(17)32-24-19-13-22(23(37-5)14-21(19)30-16-31-24)34-15-28(39-26(34)36)8-10-33(11-9-28)25(35)38-27(2,3)4/h6-7,12-14,16H,8-11,15H2,1-5H3,(H,30,31,32). The zero-order valence-electron chi connectivity index (χ0n) is 22.7. The van der Waals surface area contributed by atoms with E-state index >= 15 is 0 Å². The molecule has 2 amide bonds. The molecule has 0 atom stereocenters. The maximum atomic E-state index is 13.2. The number of anilines is 3. The molecule has 2 saturated heterocycles. The number of nitrogens with zero attached hydrogens (tertiary/aromatic N) is 4. The van der Waals surface area contributed by atoms with Gasteiger partial charge in [0.25, 0.3) is 0 Å². The Morgan fingerprint density at radius 3 is 2.56 bits per heavy atom. The van der Waals surface area contributed by atoms with Crippen LogP contribution in [0.25, 0.3) is 10.9 Å². The molecule has 0 unspecified atom stereocenters. The average molecular weight is 598 g/mol. The zero-order valence-corrected chi connectivity index (χ0v) is 24.3. The predicted molar refractivity (Wildman–Crippen MR) is 152 cm³/mol. The van der Waals surface area contributed by atoms with Crippen molar-refractivity contribution < 1.29 is 23.8 Å². The van der Waals surface area contributed by atoms with Crippen LogP contribution in [-0.4, -0.2) is 65.0 Å². The van der Waals surface area contributed by atoms with Crippen LogP contribution in [0.5, 0.6) is 5.75 Å². The zero-order chi connectivity index (χ0) is 27.9. The predicted octanol–water partition coefficient (Wildman–Crippen LogP) is 6.18. The molecule has 39 heavy (non-hydrogen) atoms. The number of halogens is 1. The molecule has 0 saturated carbocycles. The Labute approximate surface area is 235 Å². The number of ether oxygens (including phenoxy) is 3. The molecule has 1 N–H and O–H groups in total. The van der Waals surface area contributed by atoms with Crippen molar-refractivity contribution in [2.75, 3.05) is 37.0 Å². The molecule has 0 bridgehead atoms. The Morgan fingerprint density at radius 2 is 1.90 bits per heavy atom. The first kappa shape index (κ1) is 27.0. The highest BCUT2D eigenvalue weighted by atomic mass is 79.9. The van der Waals surface area contributed by atoms with E-state index in [-0.39, 0.29) is 6.09 Å². The van der Waals surface area contributed by atoms with Gasteiger partial charge in [0, 0.05) is 47.5 Å². The third kappa shape index (κ3) is 5.59. The van der Waals surface area contributed by atoms with Crippen LogP contribution in [0.3, 0.4) is 0 Å². The number of benzene rings is 2. The van der Waals surface area contributed by atoms with Crippen molar-refractivity contribution in [1.82, 2.24) is 14.9 Å². The molecule has 206 valence electrons. The number of hydrogen-bond donors (Lipinski definition) is 1. The van der Waals surface area contributed by atoms with Crippen molar-refractivity contribution in [3.05, 3.63) is 46.7 Å². The number of carbonyl (C=O) groups is 2. The van der Waals surface area contributed by atoms with Crippen LogP contribution >= 0.6 is 15.9 Å². The van der Waals surface area contributed by atoms with Crippen LogP contribution in [0.4, 0.5) is 26.8 Å². The number of carbonyl (C=O) groups excluding carboxylic acids is 2. The van der Waals surface area contributed by atoms with Crippen LogP contribution in [-0.2, 0) is 9.47 Å². The number of hydrogen-bond acceptors (Lipinski definition) is 8. The molecule has 2 fully saturated rings. The van der Waals surface area contributed by atoms with E-state index in [4.69, 9.17) is 14.2 Å². The molecule has 10 nitrogen and oxygen atoms in total. The number of rotatable bonds is 4. The van der Waals surface area contributed by atoms with Gasteiger partial charge < -0.3 is 24.4 Å². The fraction of sp³-hybridized carbons (Fsp3) is 0.429. The topological polar surface area (TPSA) is 106 Å². The first-order valence-electron chi connectivity index (χ1n) is 12.8. The second-order valence-electron chi connectivity index (χ2n) is 11.0. The highest BCUT2D eigenvalue weighted by Gasteiger charge is 2.49. The summed E-state index contributed by atoms with van der Waals surface area (Å²) in [5, 5.41) is 4.14. The molecule has 0 aliphatic carbocycles. The molecule has 3 aromatic rings. The van der Waals surface area contributed by atoms with Gasteiger partial charge in [0.2, 0.25) is 0 Å². The number of aryl methyl sites for hydroxylation is 1. The van der Waals surface area contributed by atoms with Crippen molar-refractivity contribution in [2.24, 2.45) is 0 Å². The van der Waals surface area contributed by atoms with E-state index in [0.717, 1.165) is 21.1 Å². The summed E-state index contributed by atoms with van der Waals surface area (Å²) < 4.78 is 18.1. The van der Waals surface area contributed by atoms with Gasteiger partial charge >= 0.3 is 12.2 Å². The Morgan fingerprint density at radius 1 is 1.15 bits per heavy atom. The smallest absolute Gasteiger partial charge is 0.415 e. The third-order valence-corrected chi connectivity index (χ3v) is 7.46. The van der Waals surface area contributed by atoms with Gasteiger partial charge in [-0.25, -0.2) is 19.6 Å². The van der Waals surface area contributed by atoms with Gasteiger partial charge in [-0.05, 0) is 57.5 Å². The van der Waals surface area contributed by atoms with Gasteiger partial charge in [0.05, 0.1) is 24.9 Å². The van der Waals surface area contributed by atoms with Crippen LogP contribution in [0.1, 0.15) is 39.2 Å². The van der Waals surface area contributed by atoms with Gasteiger partial charge in [-0.3, -0.25) is 4.90 Å². The number of fused-ring (bicyclic) bond motifs is 1. The largest absolute Gasteiger partial charge is 0.494 e. The first-order valence-corrected chi connectivity index (χ1v) is 13.6. The van der Waals surface area contributed by atoms with Gasteiger partial charge in [-0.1, -0.05) is 15.9 Å². The molecule has 0 radical (unpaired) electrons. The Kier molecular flexibility index (Phi) is 7.04. The number of methoxy groups -OCH3 is 1. The third-order valence-electron chi connectivity index (χ3n) is 6.97. The molecular weight excluding hydrogens is 566 g/mol. The number of amides is 2. The molecule has 1 aromatic heterocycles. The van der Waals surface area contributed by atoms with Gasteiger partial charge in [0.1, 0.15) is 29.1 Å². The summed E-state index contributed by atoms with van der Waals surface area (Å²) in [6.07, 6.45) is 1.73. The van der Waals surface area contributed by atoms with E-state index in [1.54, 1.807) is 23.0 Å². The minimum atomic E-state index is -0.696. The van der Waals surface area contributed by atoms with Crippen LogP contribution in [0, 0.1) is 6.92 Å². The molecule has 2 aromatic carbocycles.